The average Bonchev–Trinajstić information content (AvgIpc) is 2.58. The number of carbonyl (C=O) groups is 1. The molecule has 2 aromatic rings. The van der Waals surface area contributed by atoms with Gasteiger partial charge in [0.25, 0.3) is 0 Å². The molecule has 0 bridgehead atoms. The molecular weight excluding hydrogens is 377 g/mol. The molecule has 2 rings (SSSR count). The SMILES string of the molecule is CC(C)OC(=O)C(C)/N=[P+](\[O-])Oc1ccccc1Oc1ccc(Cl)cc1. The first-order valence-corrected chi connectivity index (χ1v) is 9.45. The molecule has 8 heteroatoms. The van der Waals surface area contributed by atoms with Crippen LogP contribution in [0.4, 0.5) is 0 Å². The van der Waals surface area contributed by atoms with E-state index in [1.54, 1.807) is 62.4 Å². The number of para-hydroxylation sites is 2. The number of rotatable bonds is 7. The van der Waals surface area contributed by atoms with Crippen molar-refractivity contribution in [2.24, 2.45) is 4.74 Å². The van der Waals surface area contributed by atoms with Crippen LogP contribution >= 0.6 is 19.8 Å². The standard InChI is InChI=1S/C18H19ClNO5P/c1-12(2)23-18(21)13(3)20-26(22)25-17-7-5-4-6-16(17)24-15-10-8-14(19)9-11-15/h4-13H,1-3H3. The molecule has 0 radical (unpaired) electrons. The lowest BCUT2D eigenvalue weighted by Crippen LogP contribution is -2.21. The van der Waals surface area contributed by atoms with Crippen LogP contribution in [0.5, 0.6) is 17.2 Å². The van der Waals surface area contributed by atoms with Gasteiger partial charge in [0.05, 0.1) is 6.10 Å². The Hall–Kier alpha value is -2.14. The molecular formula is C18H19ClNO5P. The zero-order valence-electron chi connectivity index (χ0n) is 14.6. The van der Waals surface area contributed by atoms with Gasteiger partial charge in [-0.05, 0) is 57.2 Å². The lowest BCUT2D eigenvalue weighted by atomic mass is 10.3. The number of hydrogen-bond acceptors (Lipinski definition) is 6. The molecule has 0 aliphatic heterocycles. The van der Waals surface area contributed by atoms with Crippen LogP contribution in [0, 0.1) is 0 Å². The van der Waals surface area contributed by atoms with Crippen LogP contribution in [0.15, 0.2) is 53.3 Å². The molecule has 0 amide bonds. The Kier molecular flexibility index (Phi) is 7.39. The van der Waals surface area contributed by atoms with Gasteiger partial charge in [0.1, 0.15) is 5.75 Å². The summed E-state index contributed by atoms with van der Waals surface area (Å²) in [6.45, 7) is 4.95. The molecule has 2 aromatic carbocycles. The van der Waals surface area contributed by atoms with Gasteiger partial charge >= 0.3 is 14.1 Å². The summed E-state index contributed by atoms with van der Waals surface area (Å²) < 4.78 is 19.9. The van der Waals surface area contributed by atoms with Gasteiger partial charge in [-0.25, -0.2) is 4.79 Å². The van der Waals surface area contributed by atoms with E-state index >= 15 is 0 Å². The largest absolute Gasteiger partial charge is 0.575 e. The molecule has 0 aromatic heterocycles. The van der Waals surface area contributed by atoms with Gasteiger partial charge in [-0.2, -0.15) is 0 Å². The minimum atomic E-state index is -2.48. The summed E-state index contributed by atoms with van der Waals surface area (Å²) in [5, 5.41) is 0.589. The van der Waals surface area contributed by atoms with Crippen molar-refractivity contribution in [3.63, 3.8) is 0 Å². The monoisotopic (exact) mass is 395 g/mol. The zero-order chi connectivity index (χ0) is 19.1. The van der Waals surface area contributed by atoms with Crippen LogP contribution in [0.3, 0.4) is 0 Å². The summed E-state index contributed by atoms with van der Waals surface area (Å²) in [6, 6.07) is 12.6. The molecule has 0 saturated carbocycles. The highest BCUT2D eigenvalue weighted by atomic mass is 35.5. The minimum Gasteiger partial charge on any atom is -0.575 e. The Morgan fingerprint density at radius 1 is 1.08 bits per heavy atom. The fourth-order valence-corrected chi connectivity index (χ4v) is 2.74. The van der Waals surface area contributed by atoms with Gasteiger partial charge in [0.15, 0.2) is 11.8 Å². The van der Waals surface area contributed by atoms with E-state index in [0.29, 0.717) is 16.5 Å². The van der Waals surface area contributed by atoms with Crippen LogP contribution in [0.1, 0.15) is 20.8 Å². The van der Waals surface area contributed by atoms with E-state index < -0.39 is 20.2 Å². The van der Waals surface area contributed by atoms with Crippen LogP contribution in [-0.2, 0) is 9.53 Å². The number of halogens is 1. The van der Waals surface area contributed by atoms with Crippen LogP contribution in [-0.4, -0.2) is 18.1 Å². The normalized spacial score (nSPS) is 12.6. The molecule has 0 N–H and O–H groups in total. The van der Waals surface area contributed by atoms with Crippen LogP contribution in [0.25, 0.3) is 0 Å². The lowest BCUT2D eigenvalue weighted by Gasteiger charge is -2.10. The Morgan fingerprint density at radius 3 is 2.31 bits per heavy atom. The zero-order valence-corrected chi connectivity index (χ0v) is 16.2. The highest BCUT2D eigenvalue weighted by molar-refractivity contribution is 7.34. The predicted molar refractivity (Wildman–Crippen MR) is 98.6 cm³/mol. The summed E-state index contributed by atoms with van der Waals surface area (Å²) in [5.41, 5.74) is 0. The fraction of sp³-hybridized carbons (Fsp3) is 0.278. The third-order valence-electron chi connectivity index (χ3n) is 3.03. The first kappa shape index (κ1) is 20.2. The van der Waals surface area contributed by atoms with Gasteiger partial charge in [-0.15, -0.1) is 0 Å². The predicted octanol–water partition coefficient (Wildman–Crippen LogP) is 4.71. The van der Waals surface area contributed by atoms with E-state index in [2.05, 4.69) is 4.74 Å². The highest BCUT2D eigenvalue weighted by Crippen LogP contribution is 2.36. The summed E-state index contributed by atoms with van der Waals surface area (Å²) >= 11 is 5.85. The minimum absolute atomic E-state index is 0.247. The number of benzene rings is 2. The molecule has 0 spiro atoms. The van der Waals surface area contributed by atoms with Crippen LogP contribution in [0.2, 0.25) is 5.02 Å². The highest BCUT2D eigenvalue weighted by Gasteiger charge is 2.20. The van der Waals surface area contributed by atoms with Gasteiger partial charge in [0.2, 0.25) is 5.75 Å². The first-order valence-electron chi connectivity index (χ1n) is 7.94. The molecule has 26 heavy (non-hydrogen) atoms. The smallest absolute Gasteiger partial charge is 0.395 e. The third kappa shape index (κ3) is 6.30. The molecule has 138 valence electrons. The van der Waals surface area contributed by atoms with Gasteiger partial charge < -0.3 is 14.4 Å². The molecule has 0 fully saturated rings. The maximum absolute atomic E-state index is 12.1. The average molecular weight is 396 g/mol. The Labute approximate surface area is 158 Å². The summed E-state index contributed by atoms with van der Waals surface area (Å²) in [4.78, 5) is 23.9. The number of ether oxygens (including phenoxy) is 2. The van der Waals surface area contributed by atoms with Crippen molar-refractivity contribution >= 4 is 25.7 Å². The second-order valence-corrected chi connectivity index (χ2v) is 6.93. The van der Waals surface area contributed by atoms with Crippen molar-refractivity contribution in [2.45, 2.75) is 32.9 Å². The molecule has 6 nitrogen and oxygen atoms in total. The molecule has 2 unspecified atom stereocenters. The molecule has 0 heterocycles. The molecule has 0 aliphatic rings. The van der Waals surface area contributed by atoms with Crippen molar-refractivity contribution in [1.82, 2.24) is 0 Å². The van der Waals surface area contributed by atoms with Gasteiger partial charge in [-0.1, -0.05) is 28.5 Å². The fourth-order valence-electron chi connectivity index (χ4n) is 1.87. The van der Waals surface area contributed by atoms with E-state index in [-0.39, 0.29) is 11.9 Å². The maximum atomic E-state index is 12.1. The maximum Gasteiger partial charge on any atom is 0.395 e. The van der Waals surface area contributed by atoms with Crippen LogP contribution < -0.4 is 14.2 Å². The quantitative estimate of drug-likeness (QED) is 0.501. The number of carbonyl (C=O) groups excluding carboxylic acids is 1. The van der Waals surface area contributed by atoms with Crippen molar-refractivity contribution in [1.29, 1.82) is 0 Å². The Balaban J connectivity index is 2.10. The van der Waals surface area contributed by atoms with E-state index in [1.165, 1.54) is 6.92 Å². The first-order chi connectivity index (χ1) is 12.3. The second kappa shape index (κ2) is 9.53. The van der Waals surface area contributed by atoms with E-state index in [4.69, 9.17) is 25.6 Å². The number of hydrogen-bond donors (Lipinski definition) is 0. The van der Waals surface area contributed by atoms with E-state index in [9.17, 15) is 9.69 Å². The lowest BCUT2D eigenvalue weighted by molar-refractivity contribution is -0.170. The van der Waals surface area contributed by atoms with Crippen molar-refractivity contribution in [3.8, 4) is 17.2 Å². The van der Waals surface area contributed by atoms with Crippen molar-refractivity contribution in [3.05, 3.63) is 53.6 Å². The molecule has 0 saturated heterocycles. The number of nitrogens with zero attached hydrogens (tertiary/aromatic N) is 1. The van der Waals surface area contributed by atoms with Crippen molar-refractivity contribution in [2.75, 3.05) is 0 Å². The van der Waals surface area contributed by atoms with E-state index in [0.717, 1.165) is 0 Å². The topological polar surface area (TPSA) is 80.2 Å². The summed E-state index contributed by atoms with van der Waals surface area (Å²) in [6.07, 6.45) is -0.271. The van der Waals surface area contributed by atoms with E-state index in [1.807, 2.05) is 0 Å². The van der Waals surface area contributed by atoms with Gasteiger partial charge in [0, 0.05) is 5.02 Å². The molecule has 2 atom stereocenters. The number of esters is 1. The summed E-state index contributed by atoms with van der Waals surface area (Å²) in [7, 11) is -2.48. The second-order valence-electron chi connectivity index (χ2n) is 5.61. The summed E-state index contributed by atoms with van der Waals surface area (Å²) in [5.74, 6) is 0.603. The van der Waals surface area contributed by atoms with Crippen molar-refractivity contribution < 1.29 is 23.7 Å². The van der Waals surface area contributed by atoms with Gasteiger partial charge in [-0.3, -0.25) is 4.52 Å². The Morgan fingerprint density at radius 2 is 1.69 bits per heavy atom. The Bertz CT molecular complexity index is 779. The molecule has 0 aliphatic carbocycles. The third-order valence-corrected chi connectivity index (χ3v) is 4.17.